The van der Waals surface area contributed by atoms with Gasteiger partial charge in [0.25, 0.3) is 10.1 Å². The number of aryl methyl sites for hydroxylation is 1. The Kier molecular flexibility index (Phi) is 14.7. The maximum atomic E-state index is 12.0. The molecule has 7 nitrogen and oxygen atoms in total. The standard InChI is InChI=1S/C14H20O3S.C8H16N2S.CH4N2S/c1-12-7-9-14(10-8-12)18(15,16)17-11-13-5-3-2-4-6-13;9-8(10)11-6-7-4-2-1-3-5-7;2-1(3)4/h7-10,13H,2-6,11H2,1H3;7H,1-6H2,(H3,9,10);(H4,2,3,4). The summed E-state index contributed by atoms with van der Waals surface area (Å²) in [6.45, 7) is 2.26. The fourth-order valence-corrected chi connectivity index (χ4v) is 5.60. The van der Waals surface area contributed by atoms with Crippen LogP contribution in [0.1, 0.15) is 69.8 Å². The van der Waals surface area contributed by atoms with E-state index >= 15 is 0 Å². The second-order valence-electron chi connectivity index (χ2n) is 8.64. The zero-order valence-corrected chi connectivity index (χ0v) is 22.1. The third kappa shape index (κ3) is 14.5. The average Bonchev–Trinajstić information content (AvgIpc) is 2.78. The van der Waals surface area contributed by atoms with E-state index < -0.39 is 10.1 Å². The van der Waals surface area contributed by atoms with Crippen LogP contribution in [0.4, 0.5) is 0 Å². The molecule has 2 aliphatic carbocycles. The number of nitrogens with one attached hydrogen (secondary N) is 1. The van der Waals surface area contributed by atoms with Crippen LogP contribution in [-0.2, 0) is 14.3 Å². The quantitative estimate of drug-likeness (QED) is 0.185. The first-order valence-corrected chi connectivity index (χ1v) is 14.4. The predicted octanol–water partition coefficient (Wildman–Crippen LogP) is 4.66. The monoisotopic (exact) mass is 516 g/mol. The molecule has 7 N–H and O–H groups in total. The van der Waals surface area contributed by atoms with Gasteiger partial charge < -0.3 is 17.2 Å². The lowest BCUT2D eigenvalue weighted by Gasteiger charge is -2.20. The molecule has 0 aliphatic heterocycles. The lowest BCUT2D eigenvalue weighted by molar-refractivity contribution is 0.214. The van der Waals surface area contributed by atoms with E-state index in [0.29, 0.717) is 12.5 Å². The van der Waals surface area contributed by atoms with Crippen LogP contribution >= 0.6 is 24.0 Å². The molecule has 0 radical (unpaired) electrons. The van der Waals surface area contributed by atoms with E-state index in [0.717, 1.165) is 30.1 Å². The lowest BCUT2D eigenvalue weighted by Crippen LogP contribution is -2.18. The SMILES string of the molecule is Cc1ccc(S(=O)(=O)OCC2CCCCC2)cc1.N=C(N)SCC1CCCCC1.NC(N)=S. The summed E-state index contributed by atoms with van der Waals surface area (Å²) in [5.74, 6) is 2.30. The van der Waals surface area contributed by atoms with Gasteiger partial charge in [-0.05, 0) is 68.8 Å². The summed E-state index contributed by atoms with van der Waals surface area (Å²) >= 11 is 5.59. The topological polar surface area (TPSA) is 145 Å². The number of nitrogens with two attached hydrogens (primary N) is 3. The maximum absolute atomic E-state index is 12.0. The first-order valence-electron chi connectivity index (χ1n) is 11.6. The second kappa shape index (κ2) is 16.3. The third-order valence-corrected chi connectivity index (χ3v) is 7.94. The Labute approximate surface area is 209 Å². The molecular weight excluding hydrogens is 476 g/mol. The molecule has 0 heterocycles. The van der Waals surface area contributed by atoms with Gasteiger partial charge in [-0.2, -0.15) is 8.42 Å². The number of amidine groups is 1. The number of thioether (sulfide) groups is 1. The normalized spacial score (nSPS) is 17.1. The van der Waals surface area contributed by atoms with E-state index in [2.05, 4.69) is 23.7 Å². The van der Waals surface area contributed by atoms with Gasteiger partial charge >= 0.3 is 0 Å². The molecule has 0 bridgehead atoms. The van der Waals surface area contributed by atoms with Gasteiger partial charge in [0.2, 0.25) is 0 Å². The van der Waals surface area contributed by atoms with Crippen LogP contribution in [0.2, 0.25) is 0 Å². The Bertz CT molecular complexity index is 801. The van der Waals surface area contributed by atoms with E-state index in [4.69, 9.17) is 15.3 Å². The summed E-state index contributed by atoms with van der Waals surface area (Å²) in [5, 5.41) is 7.33. The van der Waals surface area contributed by atoms with E-state index in [1.807, 2.05) is 6.92 Å². The van der Waals surface area contributed by atoms with Gasteiger partial charge in [0.05, 0.1) is 11.5 Å². The maximum Gasteiger partial charge on any atom is 0.296 e. The Morgan fingerprint density at radius 3 is 1.88 bits per heavy atom. The van der Waals surface area contributed by atoms with Crippen molar-refractivity contribution >= 4 is 44.4 Å². The van der Waals surface area contributed by atoms with Crippen molar-refractivity contribution in [2.45, 2.75) is 76.0 Å². The highest BCUT2D eigenvalue weighted by Crippen LogP contribution is 2.26. The van der Waals surface area contributed by atoms with Crippen molar-refractivity contribution in [2.24, 2.45) is 29.0 Å². The highest BCUT2D eigenvalue weighted by molar-refractivity contribution is 8.13. The molecular formula is C23H40N4O3S3. The zero-order valence-electron chi connectivity index (χ0n) is 19.6. The van der Waals surface area contributed by atoms with Crippen molar-refractivity contribution in [1.29, 1.82) is 5.41 Å². The van der Waals surface area contributed by atoms with Crippen LogP contribution < -0.4 is 17.2 Å². The van der Waals surface area contributed by atoms with Gasteiger partial charge in [0, 0.05) is 5.75 Å². The minimum absolute atomic E-state index is 0.000000000000000222. The van der Waals surface area contributed by atoms with E-state index in [1.165, 1.54) is 63.1 Å². The smallest absolute Gasteiger partial charge is 0.296 e. The molecule has 0 amide bonds. The number of thiocarbonyl (C=S) groups is 1. The molecule has 2 aliphatic rings. The van der Waals surface area contributed by atoms with Crippen LogP contribution in [-0.4, -0.2) is 31.1 Å². The Hall–Kier alpha value is -1.36. The van der Waals surface area contributed by atoms with Crippen LogP contribution in [0.5, 0.6) is 0 Å². The van der Waals surface area contributed by atoms with Crippen molar-refractivity contribution in [1.82, 2.24) is 0 Å². The Morgan fingerprint density at radius 2 is 1.42 bits per heavy atom. The molecule has 1 aromatic carbocycles. The third-order valence-electron chi connectivity index (χ3n) is 5.69. The summed E-state index contributed by atoms with van der Waals surface area (Å²) in [6.07, 6.45) is 12.7. The highest BCUT2D eigenvalue weighted by atomic mass is 32.2. The summed E-state index contributed by atoms with van der Waals surface area (Å²) in [5.41, 5.74) is 15.5. The molecule has 1 aromatic rings. The summed E-state index contributed by atoms with van der Waals surface area (Å²) < 4.78 is 29.1. The van der Waals surface area contributed by atoms with Gasteiger partial charge in [-0.15, -0.1) is 0 Å². The predicted molar refractivity (Wildman–Crippen MR) is 143 cm³/mol. The molecule has 0 unspecified atom stereocenters. The van der Waals surface area contributed by atoms with Gasteiger partial charge in [-0.3, -0.25) is 9.59 Å². The molecule has 10 heteroatoms. The molecule has 2 fully saturated rings. The lowest BCUT2D eigenvalue weighted by atomic mass is 9.90. The molecule has 2 saturated carbocycles. The molecule has 188 valence electrons. The van der Waals surface area contributed by atoms with Gasteiger partial charge in [-0.25, -0.2) is 0 Å². The average molecular weight is 517 g/mol. The van der Waals surface area contributed by atoms with Crippen molar-refractivity contribution in [3.05, 3.63) is 29.8 Å². The summed E-state index contributed by atoms with van der Waals surface area (Å²) in [6, 6.07) is 6.78. The molecule has 33 heavy (non-hydrogen) atoms. The van der Waals surface area contributed by atoms with Crippen LogP contribution in [0.3, 0.4) is 0 Å². The van der Waals surface area contributed by atoms with Crippen molar-refractivity contribution in [3.63, 3.8) is 0 Å². The van der Waals surface area contributed by atoms with Gasteiger partial charge in [0.15, 0.2) is 10.3 Å². The molecule has 0 aromatic heterocycles. The summed E-state index contributed by atoms with van der Waals surface area (Å²) in [4.78, 5) is 0.254. The first kappa shape index (κ1) is 29.7. The van der Waals surface area contributed by atoms with Crippen LogP contribution in [0.25, 0.3) is 0 Å². The van der Waals surface area contributed by atoms with Gasteiger partial charge in [-0.1, -0.05) is 68.0 Å². The number of hydrogen-bond acceptors (Lipinski definition) is 6. The van der Waals surface area contributed by atoms with E-state index in [-0.39, 0.29) is 15.2 Å². The Morgan fingerprint density at radius 1 is 0.970 bits per heavy atom. The zero-order chi connectivity index (χ0) is 24.7. The number of benzene rings is 1. The van der Waals surface area contributed by atoms with Crippen LogP contribution in [0.15, 0.2) is 29.2 Å². The van der Waals surface area contributed by atoms with Crippen LogP contribution in [0, 0.1) is 24.2 Å². The second-order valence-corrected chi connectivity index (χ2v) is 11.8. The van der Waals surface area contributed by atoms with Crippen molar-refractivity contribution in [2.75, 3.05) is 12.4 Å². The first-order chi connectivity index (χ1) is 15.6. The van der Waals surface area contributed by atoms with Gasteiger partial charge in [0.1, 0.15) is 0 Å². The molecule has 0 saturated heterocycles. The number of rotatable bonds is 6. The summed E-state index contributed by atoms with van der Waals surface area (Å²) in [7, 11) is -3.58. The molecule has 3 rings (SSSR count). The van der Waals surface area contributed by atoms with Crippen molar-refractivity contribution in [3.8, 4) is 0 Å². The molecule has 0 atom stereocenters. The van der Waals surface area contributed by atoms with E-state index in [9.17, 15) is 8.42 Å². The molecule has 0 spiro atoms. The minimum atomic E-state index is -3.58. The fraction of sp³-hybridized carbons (Fsp3) is 0.652. The minimum Gasteiger partial charge on any atom is -0.379 e. The Balaban J connectivity index is 0.000000309. The van der Waals surface area contributed by atoms with E-state index in [1.54, 1.807) is 24.3 Å². The highest BCUT2D eigenvalue weighted by Gasteiger charge is 2.20. The fourth-order valence-electron chi connectivity index (χ4n) is 3.87. The largest absolute Gasteiger partial charge is 0.379 e. The number of hydrogen-bond donors (Lipinski definition) is 4. The van der Waals surface area contributed by atoms with Crippen molar-refractivity contribution < 1.29 is 12.6 Å².